The van der Waals surface area contributed by atoms with E-state index in [2.05, 4.69) is 23.7 Å². The second-order valence-corrected chi connectivity index (χ2v) is 8.97. The first-order chi connectivity index (χ1) is 11.8. The van der Waals surface area contributed by atoms with Crippen LogP contribution < -0.4 is 5.56 Å². The van der Waals surface area contributed by atoms with Crippen molar-refractivity contribution in [2.45, 2.75) is 26.8 Å². The zero-order valence-electron chi connectivity index (χ0n) is 15.1. The second kappa shape index (κ2) is 5.83. The molecule has 25 heavy (non-hydrogen) atoms. The van der Waals surface area contributed by atoms with Crippen LogP contribution in [-0.2, 0) is 11.3 Å². The highest BCUT2D eigenvalue weighted by molar-refractivity contribution is 6.31. The molecule has 1 aliphatic heterocycles. The van der Waals surface area contributed by atoms with Gasteiger partial charge in [0, 0.05) is 48.3 Å². The van der Waals surface area contributed by atoms with Crippen LogP contribution in [0.15, 0.2) is 29.1 Å². The van der Waals surface area contributed by atoms with Gasteiger partial charge in [-0.1, -0.05) is 31.5 Å². The minimum Gasteiger partial charge on any atom is -0.384 e. The maximum Gasteiger partial charge on any atom is 0.252 e. The van der Waals surface area contributed by atoms with E-state index in [1.807, 2.05) is 18.2 Å². The molecule has 2 fully saturated rings. The Bertz CT molecular complexity index is 876. The van der Waals surface area contributed by atoms with Gasteiger partial charge < -0.3 is 9.72 Å². The van der Waals surface area contributed by atoms with Gasteiger partial charge in [-0.05, 0) is 41.3 Å². The van der Waals surface area contributed by atoms with E-state index in [1.54, 1.807) is 13.2 Å². The van der Waals surface area contributed by atoms with Gasteiger partial charge in [0.2, 0.25) is 0 Å². The van der Waals surface area contributed by atoms with E-state index in [9.17, 15) is 4.79 Å². The van der Waals surface area contributed by atoms with Crippen molar-refractivity contribution < 1.29 is 4.74 Å². The molecular formula is C20H25ClN2O2. The maximum absolute atomic E-state index is 12.5. The first-order valence-corrected chi connectivity index (χ1v) is 9.24. The summed E-state index contributed by atoms with van der Waals surface area (Å²) in [5, 5.41) is 1.66. The van der Waals surface area contributed by atoms with Crippen molar-refractivity contribution in [2.75, 3.05) is 26.8 Å². The summed E-state index contributed by atoms with van der Waals surface area (Å²) in [5.41, 5.74) is 2.21. The molecule has 1 aromatic heterocycles. The van der Waals surface area contributed by atoms with Crippen LogP contribution in [0.5, 0.6) is 0 Å². The molecule has 1 aromatic carbocycles. The predicted octanol–water partition coefficient (Wildman–Crippen LogP) is 3.68. The fraction of sp³-hybridized carbons (Fsp3) is 0.550. The minimum atomic E-state index is -0.0194. The predicted molar refractivity (Wildman–Crippen MR) is 101 cm³/mol. The molecule has 1 saturated carbocycles. The summed E-state index contributed by atoms with van der Waals surface area (Å²) in [4.78, 5) is 17.9. The van der Waals surface area contributed by atoms with Crippen LogP contribution in [0.4, 0.5) is 0 Å². The second-order valence-electron chi connectivity index (χ2n) is 8.54. The van der Waals surface area contributed by atoms with Crippen molar-refractivity contribution in [3.63, 3.8) is 0 Å². The molecule has 4 nitrogen and oxygen atoms in total. The molecule has 5 heteroatoms. The molecule has 2 aliphatic rings. The van der Waals surface area contributed by atoms with Crippen LogP contribution in [0.25, 0.3) is 10.9 Å². The van der Waals surface area contributed by atoms with Gasteiger partial charge in [0.05, 0.1) is 6.61 Å². The van der Waals surface area contributed by atoms with E-state index < -0.39 is 0 Å². The van der Waals surface area contributed by atoms with Gasteiger partial charge >= 0.3 is 0 Å². The van der Waals surface area contributed by atoms with Gasteiger partial charge in [0.1, 0.15) is 0 Å². The lowest BCUT2D eigenvalue weighted by atomic mass is 9.48. The lowest BCUT2D eigenvalue weighted by Gasteiger charge is -2.56. The molecule has 1 saturated heterocycles. The summed E-state index contributed by atoms with van der Waals surface area (Å²) in [5.74, 6) is 0.637. The summed E-state index contributed by atoms with van der Waals surface area (Å²) in [6, 6.07) is 7.62. The Kier molecular flexibility index (Phi) is 3.98. The largest absolute Gasteiger partial charge is 0.384 e. The summed E-state index contributed by atoms with van der Waals surface area (Å²) >= 11 is 6.02. The molecule has 2 heterocycles. The number of rotatable bonds is 4. The number of halogens is 1. The van der Waals surface area contributed by atoms with Crippen molar-refractivity contribution in [2.24, 2.45) is 16.7 Å². The molecule has 2 atom stereocenters. The number of methoxy groups -OCH3 is 1. The molecule has 0 spiro atoms. The smallest absolute Gasteiger partial charge is 0.252 e. The quantitative estimate of drug-likeness (QED) is 0.904. The van der Waals surface area contributed by atoms with Crippen molar-refractivity contribution >= 4 is 22.5 Å². The minimum absolute atomic E-state index is 0.0194. The lowest BCUT2D eigenvalue weighted by Crippen LogP contribution is -2.55. The van der Waals surface area contributed by atoms with E-state index in [-0.39, 0.29) is 11.0 Å². The van der Waals surface area contributed by atoms with Gasteiger partial charge in [-0.2, -0.15) is 0 Å². The highest BCUT2D eigenvalue weighted by Gasteiger charge is 2.62. The van der Waals surface area contributed by atoms with Crippen LogP contribution >= 0.6 is 11.6 Å². The monoisotopic (exact) mass is 360 g/mol. The van der Waals surface area contributed by atoms with Crippen molar-refractivity contribution in [1.29, 1.82) is 0 Å². The summed E-state index contributed by atoms with van der Waals surface area (Å²) in [6.45, 7) is 8.24. The SMILES string of the molecule is COC[C@@]12CN(Cc3cc4ccc(Cl)cc4[nH]c3=O)C[C@@H]1C(C)(C)C2. The number of H-pyrrole nitrogens is 1. The molecule has 1 N–H and O–H groups in total. The number of likely N-dealkylation sites (tertiary alicyclic amines) is 1. The highest BCUT2D eigenvalue weighted by atomic mass is 35.5. The van der Waals surface area contributed by atoms with E-state index in [1.165, 1.54) is 6.42 Å². The van der Waals surface area contributed by atoms with Crippen molar-refractivity contribution in [1.82, 2.24) is 9.88 Å². The van der Waals surface area contributed by atoms with Crippen LogP contribution in [0.1, 0.15) is 25.8 Å². The van der Waals surface area contributed by atoms with Crippen LogP contribution in [0.2, 0.25) is 5.02 Å². The number of pyridine rings is 1. The number of benzene rings is 1. The number of hydrogen-bond acceptors (Lipinski definition) is 3. The topological polar surface area (TPSA) is 45.3 Å². The number of ether oxygens (including phenoxy) is 1. The summed E-state index contributed by atoms with van der Waals surface area (Å²) in [6.07, 6.45) is 1.20. The number of nitrogens with zero attached hydrogens (tertiary/aromatic N) is 1. The number of aromatic amines is 1. The molecule has 134 valence electrons. The zero-order valence-corrected chi connectivity index (χ0v) is 15.8. The average Bonchev–Trinajstić information content (AvgIpc) is 2.82. The average molecular weight is 361 g/mol. The summed E-state index contributed by atoms with van der Waals surface area (Å²) < 4.78 is 5.53. The Morgan fingerprint density at radius 3 is 2.88 bits per heavy atom. The van der Waals surface area contributed by atoms with E-state index in [0.717, 1.165) is 36.2 Å². The third-order valence-electron chi connectivity index (χ3n) is 6.18. The number of hydrogen-bond donors (Lipinski definition) is 1. The molecule has 1 aliphatic carbocycles. The number of fused-ring (bicyclic) bond motifs is 2. The molecule has 0 unspecified atom stereocenters. The molecule has 0 amide bonds. The third kappa shape index (κ3) is 2.80. The molecule has 0 bridgehead atoms. The van der Waals surface area contributed by atoms with Crippen molar-refractivity contribution in [3.8, 4) is 0 Å². The summed E-state index contributed by atoms with van der Waals surface area (Å²) in [7, 11) is 1.79. The standard InChI is InChI=1S/C20H25ClN2O2/c1-19(2)10-20(12-25-3)11-23(9-17(19)20)8-14-6-13-4-5-15(21)7-16(13)22-18(14)24/h4-7,17H,8-12H2,1-3H3,(H,22,24)/t17-,20-/m1/s1. The fourth-order valence-electron chi connectivity index (χ4n) is 5.41. The van der Waals surface area contributed by atoms with Gasteiger partial charge in [0.15, 0.2) is 0 Å². The van der Waals surface area contributed by atoms with Crippen LogP contribution in [-0.4, -0.2) is 36.7 Å². The number of aromatic nitrogens is 1. The lowest BCUT2D eigenvalue weighted by molar-refractivity contribution is -0.107. The zero-order chi connectivity index (χ0) is 17.8. The van der Waals surface area contributed by atoms with E-state index >= 15 is 0 Å². The first-order valence-electron chi connectivity index (χ1n) is 8.86. The highest BCUT2D eigenvalue weighted by Crippen LogP contribution is 2.62. The Morgan fingerprint density at radius 1 is 1.36 bits per heavy atom. The Morgan fingerprint density at radius 2 is 2.16 bits per heavy atom. The Hall–Kier alpha value is -1.36. The van der Waals surface area contributed by atoms with E-state index in [4.69, 9.17) is 16.3 Å². The fourth-order valence-corrected chi connectivity index (χ4v) is 5.58. The van der Waals surface area contributed by atoms with E-state index in [0.29, 0.717) is 22.9 Å². The Labute approximate surface area is 153 Å². The number of nitrogens with one attached hydrogen (secondary N) is 1. The molecule has 2 aromatic rings. The van der Waals surface area contributed by atoms with Gasteiger partial charge in [-0.25, -0.2) is 0 Å². The molecule has 4 rings (SSSR count). The molecular weight excluding hydrogens is 336 g/mol. The van der Waals surface area contributed by atoms with Crippen LogP contribution in [0, 0.1) is 16.7 Å². The first kappa shape index (κ1) is 17.1. The molecule has 0 radical (unpaired) electrons. The van der Waals surface area contributed by atoms with Crippen LogP contribution in [0.3, 0.4) is 0 Å². The Balaban J connectivity index is 1.59. The van der Waals surface area contributed by atoms with Gasteiger partial charge in [-0.3, -0.25) is 9.69 Å². The normalized spacial score (nSPS) is 28.1. The van der Waals surface area contributed by atoms with Gasteiger partial charge in [0.25, 0.3) is 5.56 Å². The maximum atomic E-state index is 12.5. The van der Waals surface area contributed by atoms with Gasteiger partial charge in [-0.15, -0.1) is 0 Å². The van der Waals surface area contributed by atoms with Crippen molar-refractivity contribution in [3.05, 3.63) is 45.2 Å². The third-order valence-corrected chi connectivity index (χ3v) is 6.42.